The van der Waals surface area contributed by atoms with Gasteiger partial charge in [-0.05, 0) is 47.0 Å². The third-order valence-electron chi connectivity index (χ3n) is 3.47. The number of hydrogen-bond donors (Lipinski definition) is 2. The first kappa shape index (κ1) is 15.8. The Balaban J connectivity index is 2.12. The van der Waals surface area contributed by atoms with Crippen molar-refractivity contribution < 1.29 is 19.1 Å². The summed E-state index contributed by atoms with van der Waals surface area (Å²) in [6, 6.07) is 2.90. The van der Waals surface area contributed by atoms with Crippen LogP contribution in [-0.2, 0) is 4.79 Å². The highest BCUT2D eigenvalue weighted by molar-refractivity contribution is 9.10. The number of benzene rings is 1. The first-order valence-electron chi connectivity index (χ1n) is 6.74. The number of carboxylic acids is 1. The van der Waals surface area contributed by atoms with E-state index in [4.69, 9.17) is 0 Å². The Kier molecular flexibility index (Phi) is 5.17. The van der Waals surface area contributed by atoms with Crippen LogP contribution in [0.2, 0.25) is 0 Å². The monoisotopic (exact) mass is 358 g/mol. The molecule has 1 aliphatic heterocycles. The number of rotatable bonds is 2. The van der Waals surface area contributed by atoms with E-state index in [1.807, 2.05) is 0 Å². The molecule has 2 N–H and O–H groups in total. The summed E-state index contributed by atoms with van der Waals surface area (Å²) in [6.07, 6.45) is 2.90. The number of anilines is 1. The Morgan fingerprint density at radius 2 is 2.10 bits per heavy atom. The van der Waals surface area contributed by atoms with Crippen molar-refractivity contribution in [2.75, 3.05) is 11.9 Å². The average Bonchev–Trinajstić information content (AvgIpc) is 2.68. The van der Waals surface area contributed by atoms with Gasteiger partial charge in [-0.3, -0.25) is 0 Å². The van der Waals surface area contributed by atoms with Crippen LogP contribution < -0.4 is 5.32 Å². The van der Waals surface area contributed by atoms with Crippen molar-refractivity contribution in [3.8, 4) is 0 Å². The topological polar surface area (TPSA) is 69.6 Å². The number of halogens is 2. The van der Waals surface area contributed by atoms with E-state index in [2.05, 4.69) is 21.2 Å². The van der Waals surface area contributed by atoms with Crippen LogP contribution in [0.4, 0.5) is 14.9 Å². The van der Waals surface area contributed by atoms with Crippen molar-refractivity contribution >= 4 is 33.6 Å². The van der Waals surface area contributed by atoms with E-state index >= 15 is 0 Å². The molecule has 1 atom stereocenters. The second-order valence-electron chi connectivity index (χ2n) is 4.96. The van der Waals surface area contributed by atoms with E-state index in [0.717, 1.165) is 19.3 Å². The van der Waals surface area contributed by atoms with Crippen molar-refractivity contribution in [1.82, 2.24) is 4.90 Å². The Hall–Kier alpha value is -1.63. The van der Waals surface area contributed by atoms with E-state index < -0.39 is 23.9 Å². The molecule has 1 aromatic carbocycles. The van der Waals surface area contributed by atoms with Gasteiger partial charge in [0.2, 0.25) is 0 Å². The molecule has 114 valence electrons. The maximum Gasteiger partial charge on any atom is 0.326 e. The smallest absolute Gasteiger partial charge is 0.326 e. The lowest BCUT2D eigenvalue weighted by Gasteiger charge is -2.27. The number of hydrogen-bond acceptors (Lipinski definition) is 2. The van der Waals surface area contributed by atoms with Gasteiger partial charge in [0.25, 0.3) is 0 Å². The van der Waals surface area contributed by atoms with Crippen LogP contribution in [-0.4, -0.2) is 34.6 Å². The fourth-order valence-electron chi connectivity index (χ4n) is 2.38. The molecule has 0 aliphatic carbocycles. The summed E-state index contributed by atoms with van der Waals surface area (Å²) in [5.41, 5.74) is 0.300. The molecule has 1 unspecified atom stereocenters. The Morgan fingerprint density at radius 3 is 2.76 bits per heavy atom. The largest absolute Gasteiger partial charge is 0.480 e. The summed E-state index contributed by atoms with van der Waals surface area (Å²) in [4.78, 5) is 24.8. The number of likely N-dealkylation sites (tertiary alicyclic amines) is 1. The zero-order valence-corrected chi connectivity index (χ0v) is 12.9. The Bertz CT molecular complexity index is 553. The highest BCUT2D eigenvalue weighted by atomic mass is 79.9. The third kappa shape index (κ3) is 3.93. The van der Waals surface area contributed by atoms with Gasteiger partial charge in [0.05, 0.1) is 4.47 Å². The quantitative estimate of drug-likeness (QED) is 0.850. The van der Waals surface area contributed by atoms with E-state index in [0.29, 0.717) is 23.1 Å². The zero-order chi connectivity index (χ0) is 15.4. The third-order valence-corrected chi connectivity index (χ3v) is 4.11. The minimum atomic E-state index is -1.01. The molecular weight excluding hydrogens is 343 g/mol. The van der Waals surface area contributed by atoms with Gasteiger partial charge in [0, 0.05) is 12.2 Å². The number of amides is 2. The lowest BCUT2D eigenvalue weighted by Crippen LogP contribution is -2.46. The number of urea groups is 1. The second kappa shape index (κ2) is 6.89. The van der Waals surface area contributed by atoms with Gasteiger partial charge >= 0.3 is 12.0 Å². The van der Waals surface area contributed by atoms with Crippen molar-refractivity contribution in [1.29, 1.82) is 0 Å². The highest BCUT2D eigenvalue weighted by Gasteiger charge is 2.30. The molecule has 1 heterocycles. The summed E-state index contributed by atoms with van der Waals surface area (Å²) in [6.45, 7) is 0.391. The van der Waals surface area contributed by atoms with Crippen molar-refractivity contribution in [3.63, 3.8) is 0 Å². The number of aliphatic carboxylic acids is 1. The van der Waals surface area contributed by atoms with E-state index in [1.165, 1.54) is 17.0 Å². The fraction of sp³-hybridized carbons (Fsp3) is 0.429. The van der Waals surface area contributed by atoms with Gasteiger partial charge < -0.3 is 15.3 Å². The number of carboxylic acid groups (broad SMARTS) is 1. The molecule has 1 aliphatic rings. The van der Waals surface area contributed by atoms with Crippen LogP contribution in [0.1, 0.15) is 25.7 Å². The van der Waals surface area contributed by atoms with Crippen LogP contribution in [0.5, 0.6) is 0 Å². The number of carbonyl (C=O) groups is 2. The normalized spacial score (nSPS) is 19.0. The summed E-state index contributed by atoms with van der Waals surface area (Å²) in [5.74, 6) is -1.49. The van der Waals surface area contributed by atoms with Crippen LogP contribution >= 0.6 is 15.9 Å². The molecule has 2 amide bonds. The number of carbonyl (C=O) groups excluding carboxylic acids is 1. The van der Waals surface area contributed by atoms with E-state index in [-0.39, 0.29) is 0 Å². The predicted octanol–water partition coefficient (Wildman–Crippen LogP) is 3.45. The molecule has 1 saturated heterocycles. The molecule has 0 saturated carbocycles. The molecule has 0 spiro atoms. The predicted molar refractivity (Wildman–Crippen MR) is 79.7 cm³/mol. The van der Waals surface area contributed by atoms with Gasteiger partial charge in [0.15, 0.2) is 0 Å². The first-order valence-corrected chi connectivity index (χ1v) is 7.54. The minimum Gasteiger partial charge on any atom is -0.480 e. The first-order chi connectivity index (χ1) is 9.99. The Morgan fingerprint density at radius 1 is 1.33 bits per heavy atom. The lowest BCUT2D eigenvalue weighted by molar-refractivity contribution is -0.142. The molecule has 1 aromatic rings. The summed E-state index contributed by atoms with van der Waals surface area (Å²) < 4.78 is 13.7. The number of nitrogens with one attached hydrogen (secondary N) is 1. The molecule has 2 rings (SSSR count). The fourth-order valence-corrected chi connectivity index (χ4v) is 2.62. The van der Waals surface area contributed by atoms with Gasteiger partial charge in [0.1, 0.15) is 11.9 Å². The summed E-state index contributed by atoms with van der Waals surface area (Å²) >= 11 is 3.04. The molecular formula is C14H16BrFN2O3. The molecule has 0 aromatic heterocycles. The van der Waals surface area contributed by atoms with Crippen LogP contribution in [0.15, 0.2) is 22.7 Å². The van der Waals surface area contributed by atoms with Crippen LogP contribution in [0.25, 0.3) is 0 Å². The van der Waals surface area contributed by atoms with Crippen molar-refractivity contribution in [2.45, 2.75) is 31.7 Å². The molecule has 21 heavy (non-hydrogen) atoms. The molecule has 7 heteroatoms. The minimum absolute atomic E-state index is 0.300. The molecule has 1 fully saturated rings. The summed E-state index contributed by atoms with van der Waals surface area (Å²) in [5, 5.41) is 11.8. The summed E-state index contributed by atoms with van der Waals surface area (Å²) in [7, 11) is 0. The van der Waals surface area contributed by atoms with Crippen molar-refractivity contribution in [2.24, 2.45) is 0 Å². The highest BCUT2D eigenvalue weighted by Crippen LogP contribution is 2.21. The number of nitrogens with zero attached hydrogens (tertiary/aromatic N) is 1. The standard InChI is InChI=1S/C14H16BrFN2O3/c15-10-6-5-9(8-11(10)16)17-14(21)18-7-3-1-2-4-12(18)13(19)20/h5-6,8,12H,1-4,7H2,(H,17,21)(H,19,20). The maximum absolute atomic E-state index is 13.4. The van der Waals surface area contributed by atoms with Gasteiger partial charge in [-0.2, -0.15) is 0 Å². The van der Waals surface area contributed by atoms with E-state index in [1.54, 1.807) is 6.07 Å². The molecule has 0 radical (unpaired) electrons. The Labute approximate surface area is 130 Å². The molecule has 0 bridgehead atoms. The SMILES string of the molecule is O=C(O)C1CCCCCN1C(=O)Nc1ccc(Br)c(F)c1. The van der Waals surface area contributed by atoms with Gasteiger partial charge in [-0.25, -0.2) is 14.0 Å². The van der Waals surface area contributed by atoms with Crippen LogP contribution in [0, 0.1) is 5.82 Å². The van der Waals surface area contributed by atoms with Crippen LogP contribution in [0.3, 0.4) is 0 Å². The van der Waals surface area contributed by atoms with Gasteiger partial charge in [-0.1, -0.05) is 12.8 Å². The second-order valence-corrected chi connectivity index (χ2v) is 5.81. The van der Waals surface area contributed by atoms with Crippen molar-refractivity contribution in [3.05, 3.63) is 28.5 Å². The lowest BCUT2D eigenvalue weighted by atomic mass is 10.1. The zero-order valence-electron chi connectivity index (χ0n) is 11.3. The molecule has 5 nitrogen and oxygen atoms in total. The van der Waals surface area contributed by atoms with E-state index in [9.17, 15) is 19.1 Å². The average molecular weight is 359 g/mol. The van der Waals surface area contributed by atoms with Gasteiger partial charge in [-0.15, -0.1) is 0 Å². The maximum atomic E-state index is 13.4.